The van der Waals surface area contributed by atoms with Gasteiger partial charge >= 0.3 is 0 Å². The predicted molar refractivity (Wildman–Crippen MR) is 75.8 cm³/mol. The van der Waals surface area contributed by atoms with Crippen LogP contribution in [0.25, 0.3) is 0 Å². The maximum atomic E-state index is 2.43. The molecule has 0 radical (unpaired) electrons. The van der Waals surface area contributed by atoms with Crippen LogP contribution in [0.1, 0.15) is 86.0 Å². The van der Waals surface area contributed by atoms with E-state index in [0.717, 1.165) is 17.8 Å². The van der Waals surface area contributed by atoms with Gasteiger partial charge in [-0.1, -0.05) is 86.0 Å². The molecule has 0 saturated heterocycles. The quantitative estimate of drug-likeness (QED) is 0.425. The topological polar surface area (TPSA) is 0 Å². The van der Waals surface area contributed by atoms with Crippen LogP contribution < -0.4 is 0 Å². The van der Waals surface area contributed by atoms with Gasteiger partial charge in [0.2, 0.25) is 0 Å². The zero-order valence-corrected chi connectivity index (χ0v) is 12.4. The van der Waals surface area contributed by atoms with Crippen molar-refractivity contribution in [2.24, 2.45) is 17.8 Å². The van der Waals surface area contributed by atoms with Gasteiger partial charge in [0.15, 0.2) is 0 Å². The molecular formula is C16H34. The van der Waals surface area contributed by atoms with Crippen LogP contribution in [0, 0.1) is 17.8 Å². The van der Waals surface area contributed by atoms with Gasteiger partial charge in [-0.3, -0.25) is 0 Å². The molecule has 0 aliphatic rings. The van der Waals surface area contributed by atoms with E-state index in [1.165, 1.54) is 51.4 Å². The van der Waals surface area contributed by atoms with Gasteiger partial charge < -0.3 is 0 Å². The molecule has 0 aromatic heterocycles. The van der Waals surface area contributed by atoms with Crippen molar-refractivity contribution >= 4 is 0 Å². The van der Waals surface area contributed by atoms with Crippen molar-refractivity contribution in [3.8, 4) is 0 Å². The molecule has 0 aromatic rings. The molecule has 98 valence electrons. The fourth-order valence-corrected chi connectivity index (χ4v) is 2.46. The van der Waals surface area contributed by atoms with E-state index in [2.05, 4.69) is 34.6 Å². The lowest BCUT2D eigenvalue weighted by molar-refractivity contribution is 0.321. The molecule has 3 unspecified atom stereocenters. The SMILES string of the molecule is CCCCC(CC)CCCC(C)C(C)CC. The number of hydrogen-bond acceptors (Lipinski definition) is 0. The van der Waals surface area contributed by atoms with E-state index < -0.39 is 0 Å². The minimum atomic E-state index is 0.913. The van der Waals surface area contributed by atoms with Crippen LogP contribution in [0.3, 0.4) is 0 Å². The lowest BCUT2D eigenvalue weighted by atomic mass is 9.86. The van der Waals surface area contributed by atoms with E-state index in [9.17, 15) is 0 Å². The summed E-state index contributed by atoms with van der Waals surface area (Å²) in [6.45, 7) is 11.8. The standard InChI is InChI=1S/C16H34/c1-6-9-12-16(8-3)13-10-11-15(5)14(4)7-2/h14-16H,6-13H2,1-5H3. The third-order valence-corrected chi connectivity index (χ3v) is 4.43. The molecule has 0 heteroatoms. The van der Waals surface area contributed by atoms with E-state index in [4.69, 9.17) is 0 Å². The minimum Gasteiger partial charge on any atom is -0.0654 e. The Balaban J connectivity index is 3.60. The summed E-state index contributed by atoms with van der Waals surface area (Å²) in [6.07, 6.45) is 11.3. The Morgan fingerprint density at radius 2 is 1.31 bits per heavy atom. The largest absolute Gasteiger partial charge is 0.0654 e. The van der Waals surface area contributed by atoms with Gasteiger partial charge in [0, 0.05) is 0 Å². The Kier molecular flexibility index (Phi) is 10.2. The van der Waals surface area contributed by atoms with Gasteiger partial charge in [0.1, 0.15) is 0 Å². The highest BCUT2D eigenvalue weighted by Crippen LogP contribution is 2.24. The van der Waals surface area contributed by atoms with Crippen molar-refractivity contribution in [2.75, 3.05) is 0 Å². The van der Waals surface area contributed by atoms with E-state index in [1.807, 2.05) is 0 Å². The second-order valence-electron chi connectivity index (χ2n) is 5.71. The summed E-state index contributed by atoms with van der Waals surface area (Å²) < 4.78 is 0. The highest BCUT2D eigenvalue weighted by Gasteiger charge is 2.11. The number of unbranched alkanes of at least 4 members (excludes halogenated alkanes) is 1. The molecule has 0 bridgehead atoms. The van der Waals surface area contributed by atoms with Gasteiger partial charge in [0.05, 0.1) is 0 Å². The van der Waals surface area contributed by atoms with E-state index in [-0.39, 0.29) is 0 Å². The zero-order chi connectivity index (χ0) is 12.4. The summed E-state index contributed by atoms with van der Waals surface area (Å²) in [6, 6.07) is 0. The van der Waals surface area contributed by atoms with Crippen LogP contribution in [0.15, 0.2) is 0 Å². The first kappa shape index (κ1) is 16.0. The highest BCUT2D eigenvalue weighted by molar-refractivity contribution is 4.63. The molecule has 0 fully saturated rings. The molecule has 0 aliphatic carbocycles. The van der Waals surface area contributed by atoms with Crippen molar-refractivity contribution in [3.05, 3.63) is 0 Å². The summed E-state index contributed by atoms with van der Waals surface area (Å²) in [7, 11) is 0. The Bertz CT molecular complexity index is 139. The first-order chi connectivity index (χ1) is 7.65. The maximum Gasteiger partial charge on any atom is -0.0417 e. The van der Waals surface area contributed by atoms with Crippen LogP contribution in [0.5, 0.6) is 0 Å². The maximum absolute atomic E-state index is 2.43. The average molecular weight is 226 g/mol. The monoisotopic (exact) mass is 226 g/mol. The molecule has 0 aliphatic heterocycles. The highest BCUT2D eigenvalue weighted by atomic mass is 14.2. The number of rotatable bonds is 10. The first-order valence-corrected chi connectivity index (χ1v) is 7.65. The van der Waals surface area contributed by atoms with Crippen molar-refractivity contribution in [3.63, 3.8) is 0 Å². The predicted octanol–water partition coefficient (Wildman–Crippen LogP) is 6.06. The first-order valence-electron chi connectivity index (χ1n) is 7.65. The second-order valence-corrected chi connectivity index (χ2v) is 5.71. The van der Waals surface area contributed by atoms with E-state index in [1.54, 1.807) is 0 Å². The Morgan fingerprint density at radius 3 is 1.81 bits per heavy atom. The molecule has 0 nitrogen and oxygen atoms in total. The third-order valence-electron chi connectivity index (χ3n) is 4.43. The van der Waals surface area contributed by atoms with Gasteiger partial charge in [-0.15, -0.1) is 0 Å². The van der Waals surface area contributed by atoms with Gasteiger partial charge in [-0.25, -0.2) is 0 Å². The summed E-state index contributed by atoms with van der Waals surface area (Å²) in [5.41, 5.74) is 0. The average Bonchev–Trinajstić information content (AvgIpc) is 2.32. The summed E-state index contributed by atoms with van der Waals surface area (Å²) in [4.78, 5) is 0. The van der Waals surface area contributed by atoms with Crippen molar-refractivity contribution < 1.29 is 0 Å². The fraction of sp³-hybridized carbons (Fsp3) is 1.00. The normalized spacial score (nSPS) is 17.1. The molecule has 0 spiro atoms. The fourth-order valence-electron chi connectivity index (χ4n) is 2.46. The molecule has 0 rings (SSSR count). The van der Waals surface area contributed by atoms with E-state index in [0.29, 0.717) is 0 Å². The van der Waals surface area contributed by atoms with Crippen molar-refractivity contribution in [2.45, 2.75) is 86.0 Å². The second kappa shape index (κ2) is 10.2. The smallest absolute Gasteiger partial charge is 0.0417 e. The summed E-state index contributed by atoms with van der Waals surface area (Å²) in [5, 5.41) is 0. The molecule has 0 aromatic carbocycles. The molecule has 3 atom stereocenters. The molecular weight excluding hydrogens is 192 g/mol. The van der Waals surface area contributed by atoms with Crippen LogP contribution in [0.4, 0.5) is 0 Å². The lowest BCUT2D eigenvalue weighted by Gasteiger charge is -2.20. The Labute approximate surface area is 104 Å². The van der Waals surface area contributed by atoms with Gasteiger partial charge in [0.25, 0.3) is 0 Å². The summed E-state index contributed by atoms with van der Waals surface area (Å²) >= 11 is 0. The van der Waals surface area contributed by atoms with Gasteiger partial charge in [-0.05, 0) is 17.8 Å². The van der Waals surface area contributed by atoms with Crippen LogP contribution in [-0.2, 0) is 0 Å². The number of hydrogen-bond donors (Lipinski definition) is 0. The third kappa shape index (κ3) is 7.30. The lowest BCUT2D eigenvalue weighted by Crippen LogP contribution is -2.08. The van der Waals surface area contributed by atoms with Crippen LogP contribution >= 0.6 is 0 Å². The Hall–Kier alpha value is 0. The molecule has 0 heterocycles. The summed E-state index contributed by atoms with van der Waals surface area (Å²) in [5.74, 6) is 2.84. The van der Waals surface area contributed by atoms with Crippen LogP contribution in [0.2, 0.25) is 0 Å². The van der Waals surface area contributed by atoms with Crippen molar-refractivity contribution in [1.29, 1.82) is 0 Å². The molecule has 16 heavy (non-hydrogen) atoms. The molecule has 0 saturated carbocycles. The van der Waals surface area contributed by atoms with Crippen molar-refractivity contribution in [1.82, 2.24) is 0 Å². The van der Waals surface area contributed by atoms with Crippen LogP contribution in [-0.4, -0.2) is 0 Å². The molecule has 0 amide bonds. The molecule has 0 N–H and O–H groups in total. The zero-order valence-electron chi connectivity index (χ0n) is 12.4. The Morgan fingerprint density at radius 1 is 0.688 bits per heavy atom. The van der Waals surface area contributed by atoms with Gasteiger partial charge in [-0.2, -0.15) is 0 Å². The minimum absolute atomic E-state index is 0.913. The van der Waals surface area contributed by atoms with E-state index >= 15 is 0 Å².